The third-order valence-corrected chi connectivity index (χ3v) is 7.70. The van der Waals surface area contributed by atoms with Crippen LogP contribution in [0.4, 0.5) is 36.8 Å². The normalized spacial score (nSPS) is 22.3. The van der Waals surface area contributed by atoms with Gasteiger partial charge >= 0.3 is 18.4 Å². The molecular formula is C26H31F6N5O3. The molecule has 4 heterocycles. The Hall–Kier alpha value is -3.00. The second-order valence-electron chi connectivity index (χ2n) is 10.4. The van der Waals surface area contributed by atoms with Crippen LogP contribution in [0, 0.1) is 11.8 Å². The van der Waals surface area contributed by atoms with Crippen LogP contribution in [0.1, 0.15) is 12.5 Å². The number of nitrogens with zero attached hydrogens (tertiary/aromatic N) is 5. The summed E-state index contributed by atoms with van der Waals surface area (Å²) >= 11 is 0. The van der Waals surface area contributed by atoms with Crippen molar-refractivity contribution >= 4 is 11.8 Å². The Bertz CT molecular complexity index is 1170. The number of carbonyl (C=O) groups excluding carboxylic acids is 1. The van der Waals surface area contributed by atoms with Gasteiger partial charge in [0.2, 0.25) is 0 Å². The van der Waals surface area contributed by atoms with Crippen LogP contribution in [0.3, 0.4) is 0 Å². The monoisotopic (exact) mass is 575 g/mol. The van der Waals surface area contributed by atoms with E-state index in [0.29, 0.717) is 39.4 Å². The SMILES string of the molecule is CCn1cc(CN2CC3CN(C(=O)OC(C(F)(F)F)C(F)(F)F)CC3C2)c(-c2ccccc2N2CCOCC2)n1. The molecule has 3 saturated heterocycles. The van der Waals surface area contributed by atoms with Gasteiger partial charge in [-0.05, 0) is 24.8 Å². The predicted molar refractivity (Wildman–Crippen MR) is 133 cm³/mol. The third kappa shape index (κ3) is 6.02. The Morgan fingerprint density at radius 3 is 2.25 bits per heavy atom. The zero-order chi connectivity index (χ0) is 28.7. The van der Waals surface area contributed by atoms with Crippen LogP contribution in [0.2, 0.25) is 0 Å². The molecule has 5 rings (SSSR count). The molecule has 1 aromatic carbocycles. The standard InChI is InChI=1S/C26H31F6N5O3/c1-2-37-16-19(22(33-37)20-5-3-4-6-21(20)35-7-9-39-10-8-35)13-34-11-17-14-36(15-18(17)12-34)24(38)40-23(25(27,28)29)26(30,31)32/h3-6,16-18,23H,2,7-15H2,1H3. The zero-order valence-electron chi connectivity index (χ0n) is 21.9. The molecular weight excluding hydrogens is 544 g/mol. The summed E-state index contributed by atoms with van der Waals surface area (Å²) in [6.45, 7) is 7.33. The number of likely N-dealkylation sites (tertiary alicyclic amines) is 2. The van der Waals surface area contributed by atoms with E-state index in [-0.39, 0.29) is 24.9 Å². The number of hydrogen-bond acceptors (Lipinski definition) is 6. The molecule has 0 N–H and O–H groups in total. The summed E-state index contributed by atoms with van der Waals surface area (Å²) in [5, 5.41) is 4.85. The smallest absolute Gasteiger partial charge is 0.426 e. The van der Waals surface area contributed by atoms with E-state index in [1.165, 1.54) is 0 Å². The first kappa shape index (κ1) is 28.5. The molecule has 0 saturated carbocycles. The van der Waals surface area contributed by atoms with Crippen molar-refractivity contribution in [2.24, 2.45) is 11.8 Å². The topological polar surface area (TPSA) is 63.1 Å². The van der Waals surface area contributed by atoms with Crippen LogP contribution in [-0.4, -0.2) is 96.6 Å². The van der Waals surface area contributed by atoms with Gasteiger partial charge in [-0.2, -0.15) is 31.4 Å². The minimum atomic E-state index is -5.73. The van der Waals surface area contributed by atoms with Crippen molar-refractivity contribution in [1.29, 1.82) is 0 Å². The lowest BCUT2D eigenvalue weighted by atomic mass is 10.0. The molecule has 40 heavy (non-hydrogen) atoms. The van der Waals surface area contributed by atoms with Crippen molar-refractivity contribution in [1.82, 2.24) is 19.6 Å². The van der Waals surface area contributed by atoms with E-state index in [2.05, 4.69) is 20.6 Å². The highest BCUT2D eigenvalue weighted by Gasteiger charge is 2.60. The average Bonchev–Trinajstić information content (AvgIpc) is 3.60. The Balaban J connectivity index is 1.26. The van der Waals surface area contributed by atoms with Crippen LogP contribution in [0.5, 0.6) is 0 Å². The van der Waals surface area contributed by atoms with Crippen LogP contribution < -0.4 is 4.90 Å². The number of hydrogen-bond donors (Lipinski definition) is 0. The molecule has 8 nitrogen and oxygen atoms in total. The van der Waals surface area contributed by atoms with Crippen molar-refractivity contribution in [3.8, 4) is 11.3 Å². The Morgan fingerprint density at radius 2 is 1.65 bits per heavy atom. The number of morpholine rings is 1. The van der Waals surface area contributed by atoms with E-state index in [1.807, 2.05) is 36.0 Å². The molecule has 1 aromatic heterocycles. The number of alkyl halides is 6. The summed E-state index contributed by atoms with van der Waals surface area (Å²) in [6, 6.07) is 8.10. The zero-order valence-corrected chi connectivity index (χ0v) is 21.9. The highest BCUT2D eigenvalue weighted by Crippen LogP contribution is 2.39. The van der Waals surface area contributed by atoms with Crippen molar-refractivity contribution in [3.63, 3.8) is 0 Å². The lowest BCUT2D eigenvalue weighted by Crippen LogP contribution is -2.48. The quantitative estimate of drug-likeness (QED) is 0.476. The second-order valence-corrected chi connectivity index (χ2v) is 10.4. The maximum atomic E-state index is 12.8. The molecule has 14 heteroatoms. The number of halogens is 6. The number of carbonyl (C=O) groups is 1. The van der Waals surface area contributed by atoms with Gasteiger partial charge in [0.05, 0.1) is 18.9 Å². The molecule has 0 spiro atoms. The van der Waals surface area contributed by atoms with E-state index >= 15 is 0 Å². The maximum absolute atomic E-state index is 12.8. The van der Waals surface area contributed by atoms with Crippen LogP contribution >= 0.6 is 0 Å². The van der Waals surface area contributed by atoms with Gasteiger partial charge in [-0.25, -0.2) is 4.79 Å². The van der Waals surface area contributed by atoms with Crippen LogP contribution in [0.15, 0.2) is 30.5 Å². The fourth-order valence-electron chi connectivity index (χ4n) is 5.82. The van der Waals surface area contributed by atoms with Gasteiger partial charge in [0.25, 0.3) is 6.10 Å². The Labute approximate surface area is 227 Å². The van der Waals surface area contributed by atoms with Crippen molar-refractivity contribution < 1.29 is 40.6 Å². The number of benzene rings is 1. The predicted octanol–water partition coefficient (Wildman–Crippen LogP) is 4.40. The van der Waals surface area contributed by atoms with Gasteiger partial charge < -0.3 is 19.3 Å². The number of fused-ring (bicyclic) bond motifs is 1. The molecule has 2 unspecified atom stereocenters. The number of ether oxygens (including phenoxy) is 2. The van der Waals surface area contributed by atoms with E-state index < -0.39 is 24.5 Å². The lowest BCUT2D eigenvalue weighted by Gasteiger charge is -2.30. The summed E-state index contributed by atoms with van der Waals surface area (Å²) in [5.41, 5.74) is 3.99. The molecule has 220 valence electrons. The van der Waals surface area contributed by atoms with Crippen LogP contribution in [0.25, 0.3) is 11.3 Å². The Kier molecular flexibility index (Phi) is 7.92. The first-order valence-electron chi connectivity index (χ1n) is 13.2. The molecule has 3 fully saturated rings. The lowest BCUT2D eigenvalue weighted by molar-refractivity contribution is -0.308. The van der Waals surface area contributed by atoms with Crippen LogP contribution in [-0.2, 0) is 22.6 Å². The molecule has 2 aromatic rings. The molecule has 0 bridgehead atoms. The molecule has 2 atom stereocenters. The molecule has 1 amide bonds. The molecule has 3 aliphatic heterocycles. The van der Waals surface area contributed by atoms with Gasteiger partial charge in [0, 0.05) is 75.4 Å². The Morgan fingerprint density at radius 1 is 1.02 bits per heavy atom. The number of aryl methyl sites for hydroxylation is 1. The highest BCUT2D eigenvalue weighted by molar-refractivity contribution is 5.78. The van der Waals surface area contributed by atoms with E-state index in [9.17, 15) is 31.1 Å². The average molecular weight is 576 g/mol. The van der Waals surface area contributed by atoms with Crippen molar-refractivity contribution in [2.45, 2.75) is 38.5 Å². The third-order valence-electron chi connectivity index (χ3n) is 7.70. The first-order chi connectivity index (χ1) is 18.9. The summed E-state index contributed by atoms with van der Waals surface area (Å²) in [6.07, 6.45) is -15.2. The van der Waals surface area contributed by atoms with Gasteiger partial charge in [-0.15, -0.1) is 0 Å². The van der Waals surface area contributed by atoms with Gasteiger partial charge in [0.1, 0.15) is 0 Å². The first-order valence-corrected chi connectivity index (χ1v) is 13.2. The van der Waals surface area contributed by atoms with Crippen molar-refractivity contribution in [3.05, 3.63) is 36.0 Å². The highest BCUT2D eigenvalue weighted by atomic mass is 19.4. The molecule has 3 aliphatic rings. The summed E-state index contributed by atoms with van der Waals surface area (Å²) < 4.78 is 88.3. The number of rotatable bonds is 6. The summed E-state index contributed by atoms with van der Waals surface area (Å²) in [5.74, 6) is -0.152. The number of anilines is 1. The van der Waals surface area contributed by atoms with Crippen molar-refractivity contribution in [2.75, 3.05) is 57.4 Å². The number of amides is 1. The fraction of sp³-hybridized carbons (Fsp3) is 0.615. The largest absolute Gasteiger partial charge is 0.434 e. The van der Waals surface area contributed by atoms with Gasteiger partial charge in [-0.3, -0.25) is 9.58 Å². The van der Waals surface area contributed by atoms with Gasteiger partial charge in [0.15, 0.2) is 0 Å². The van der Waals surface area contributed by atoms with Gasteiger partial charge in [-0.1, -0.05) is 18.2 Å². The summed E-state index contributed by atoms with van der Waals surface area (Å²) in [7, 11) is 0. The fourth-order valence-corrected chi connectivity index (χ4v) is 5.82. The molecule has 0 aliphatic carbocycles. The minimum Gasteiger partial charge on any atom is -0.426 e. The van der Waals surface area contributed by atoms with E-state index in [1.54, 1.807) is 0 Å². The summed E-state index contributed by atoms with van der Waals surface area (Å²) in [4.78, 5) is 17.7. The minimum absolute atomic E-state index is 0.0450. The van der Waals surface area contributed by atoms with E-state index in [0.717, 1.165) is 40.5 Å². The number of aromatic nitrogens is 2. The second kappa shape index (κ2) is 11.1. The maximum Gasteiger partial charge on any atom is 0.434 e. The van der Waals surface area contributed by atoms with E-state index in [4.69, 9.17) is 9.84 Å². The molecule has 0 radical (unpaired) electrons. The number of para-hydroxylation sites is 1.